The highest BCUT2D eigenvalue weighted by molar-refractivity contribution is 8.01. The molecule has 2 heterocycles. The van der Waals surface area contributed by atoms with Gasteiger partial charge in [-0.2, -0.15) is 0 Å². The van der Waals surface area contributed by atoms with E-state index in [-0.39, 0.29) is 34.0 Å². The first-order chi connectivity index (χ1) is 14.1. The van der Waals surface area contributed by atoms with Crippen molar-refractivity contribution in [1.82, 2.24) is 15.1 Å². The molecule has 0 unspecified atom stereocenters. The summed E-state index contributed by atoms with van der Waals surface area (Å²) in [6.07, 6.45) is 1.90. The third-order valence-electron chi connectivity index (χ3n) is 6.08. The predicted octanol–water partition coefficient (Wildman–Crippen LogP) is 4.78. The molecule has 166 valence electrons. The van der Waals surface area contributed by atoms with Crippen molar-refractivity contribution in [3.05, 3.63) is 35.4 Å². The van der Waals surface area contributed by atoms with Gasteiger partial charge >= 0.3 is 6.03 Å². The molecule has 2 aliphatic heterocycles. The maximum atomic E-state index is 12.9. The topological polar surface area (TPSA) is 52.7 Å². The molecule has 3 amide bonds. The monoisotopic (exact) mass is 431 g/mol. The fourth-order valence-corrected chi connectivity index (χ4v) is 5.49. The third kappa shape index (κ3) is 5.32. The van der Waals surface area contributed by atoms with E-state index in [1.165, 1.54) is 11.1 Å². The van der Waals surface area contributed by atoms with Crippen LogP contribution in [0.25, 0.3) is 0 Å². The van der Waals surface area contributed by atoms with Crippen LogP contribution < -0.4 is 5.32 Å². The van der Waals surface area contributed by atoms with Crippen LogP contribution in [0.15, 0.2) is 24.3 Å². The molecule has 2 atom stereocenters. The van der Waals surface area contributed by atoms with Crippen molar-refractivity contribution in [1.29, 1.82) is 0 Å². The lowest BCUT2D eigenvalue weighted by Gasteiger charge is -2.35. The number of nitrogens with one attached hydrogen (secondary N) is 1. The van der Waals surface area contributed by atoms with E-state index in [2.05, 4.69) is 55.3 Å². The average Bonchev–Trinajstić information content (AvgIpc) is 2.96. The number of thioether (sulfide) groups is 1. The number of carbonyl (C=O) groups is 2. The lowest BCUT2D eigenvalue weighted by atomic mass is 9.86. The first-order valence-electron chi connectivity index (χ1n) is 11.2. The summed E-state index contributed by atoms with van der Waals surface area (Å²) in [7, 11) is 0. The summed E-state index contributed by atoms with van der Waals surface area (Å²) >= 11 is 1.75. The van der Waals surface area contributed by atoms with Gasteiger partial charge in [-0.3, -0.25) is 4.79 Å². The van der Waals surface area contributed by atoms with E-state index in [1.807, 2.05) is 25.7 Å². The summed E-state index contributed by atoms with van der Waals surface area (Å²) in [5, 5.41) is 3.06. The van der Waals surface area contributed by atoms with Crippen molar-refractivity contribution in [2.45, 2.75) is 76.5 Å². The van der Waals surface area contributed by atoms with E-state index < -0.39 is 0 Å². The van der Waals surface area contributed by atoms with Gasteiger partial charge in [0.05, 0.1) is 5.25 Å². The van der Waals surface area contributed by atoms with Crippen LogP contribution in [0.4, 0.5) is 4.79 Å². The van der Waals surface area contributed by atoms with Gasteiger partial charge in [0.25, 0.3) is 0 Å². The predicted molar refractivity (Wildman–Crippen MR) is 125 cm³/mol. The number of hydrogen-bond donors (Lipinski definition) is 1. The largest absolute Gasteiger partial charge is 0.336 e. The Balaban J connectivity index is 1.64. The number of benzene rings is 1. The van der Waals surface area contributed by atoms with Gasteiger partial charge in [0.2, 0.25) is 5.91 Å². The average molecular weight is 432 g/mol. The fourth-order valence-electron chi connectivity index (χ4n) is 4.20. The second-order valence-corrected chi connectivity index (χ2v) is 11.5. The normalized spacial score (nSPS) is 23.4. The third-order valence-corrected chi connectivity index (χ3v) is 7.47. The van der Waals surface area contributed by atoms with Crippen molar-refractivity contribution < 1.29 is 9.59 Å². The minimum atomic E-state index is -0.00537. The second-order valence-electron chi connectivity index (χ2n) is 10.0. The highest BCUT2D eigenvalue weighted by Crippen LogP contribution is 2.44. The minimum Gasteiger partial charge on any atom is -0.336 e. The van der Waals surface area contributed by atoms with Crippen LogP contribution in [0.2, 0.25) is 0 Å². The molecule has 0 radical (unpaired) electrons. The first kappa shape index (κ1) is 23.0. The summed E-state index contributed by atoms with van der Waals surface area (Å²) in [6, 6.07) is 8.97. The first-order valence-corrected chi connectivity index (χ1v) is 12.1. The molecule has 2 aliphatic rings. The molecule has 1 aromatic carbocycles. The van der Waals surface area contributed by atoms with E-state index in [0.29, 0.717) is 5.92 Å². The Morgan fingerprint density at radius 3 is 2.30 bits per heavy atom. The van der Waals surface area contributed by atoms with E-state index in [4.69, 9.17) is 0 Å². The van der Waals surface area contributed by atoms with Gasteiger partial charge in [-0.05, 0) is 56.1 Å². The molecule has 3 rings (SSSR count). The minimum absolute atomic E-state index is 0.00537. The van der Waals surface area contributed by atoms with Crippen LogP contribution in [0, 0.1) is 5.92 Å². The molecule has 0 spiro atoms. The fraction of sp³-hybridized carbons (Fsp3) is 0.667. The Bertz CT molecular complexity index is 749. The van der Waals surface area contributed by atoms with E-state index >= 15 is 0 Å². The van der Waals surface area contributed by atoms with Crippen molar-refractivity contribution >= 4 is 23.7 Å². The van der Waals surface area contributed by atoms with Crippen molar-refractivity contribution in [3.63, 3.8) is 0 Å². The highest BCUT2D eigenvalue weighted by Gasteiger charge is 2.40. The van der Waals surface area contributed by atoms with Crippen molar-refractivity contribution in [3.8, 4) is 0 Å². The molecular weight excluding hydrogens is 394 g/mol. The van der Waals surface area contributed by atoms with E-state index in [1.54, 1.807) is 11.8 Å². The Kier molecular flexibility index (Phi) is 7.05. The number of carbonyl (C=O) groups excluding carboxylic acids is 2. The van der Waals surface area contributed by atoms with Gasteiger partial charge in [0.1, 0.15) is 5.37 Å². The Hall–Kier alpha value is -1.69. The van der Waals surface area contributed by atoms with Gasteiger partial charge in [-0.1, -0.05) is 45.0 Å². The molecule has 2 fully saturated rings. The van der Waals surface area contributed by atoms with Crippen LogP contribution >= 0.6 is 11.8 Å². The number of piperidine rings is 1. The molecule has 1 aromatic rings. The molecule has 0 aromatic heterocycles. The lowest BCUT2D eigenvalue weighted by molar-refractivity contribution is -0.130. The maximum absolute atomic E-state index is 12.9. The molecule has 1 N–H and O–H groups in total. The summed E-state index contributed by atoms with van der Waals surface area (Å²) in [5.74, 6) is 0.684. The number of nitrogens with zero attached hydrogens (tertiary/aromatic N) is 2. The molecule has 0 saturated carbocycles. The standard InChI is InChI=1S/C24H37N3O2S/c1-16(2)25-23(29)26-13-11-18(12-14-26)15-27-21(28)17(3)30-22(27)19-7-9-20(10-8-19)24(4,5)6/h7-10,16-18,22H,11-15H2,1-6H3,(H,25,29)/t17-,22+/m0/s1. The molecule has 5 nitrogen and oxygen atoms in total. The maximum Gasteiger partial charge on any atom is 0.317 e. The van der Waals surface area contributed by atoms with Gasteiger partial charge in [0.15, 0.2) is 0 Å². The second kappa shape index (κ2) is 9.21. The number of hydrogen-bond acceptors (Lipinski definition) is 3. The summed E-state index contributed by atoms with van der Waals surface area (Å²) in [5.41, 5.74) is 2.65. The lowest BCUT2D eigenvalue weighted by Crippen LogP contribution is -2.48. The van der Waals surface area contributed by atoms with E-state index in [0.717, 1.165) is 32.5 Å². The van der Waals surface area contributed by atoms with E-state index in [9.17, 15) is 9.59 Å². The van der Waals surface area contributed by atoms with Gasteiger partial charge < -0.3 is 15.1 Å². The molecule has 2 saturated heterocycles. The molecule has 0 aliphatic carbocycles. The Labute approximate surface area is 186 Å². The SMILES string of the molecule is CC(C)NC(=O)N1CCC(CN2C(=O)[C@H](C)S[C@@H]2c2ccc(C(C)(C)C)cc2)CC1. The van der Waals surface area contributed by atoms with Crippen LogP contribution in [-0.2, 0) is 10.2 Å². The smallest absolute Gasteiger partial charge is 0.317 e. The van der Waals surface area contributed by atoms with Crippen LogP contribution in [-0.4, -0.2) is 52.7 Å². The number of urea groups is 1. The van der Waals surface area contributed by atoms with Crippen LogP contribution in [0.5, 0.6) is 0 Å². The summed E-state index contributed by atoms with van der Waals surface area (Å²) in [6.45, 7) is 14.9. The number of likely N-dealkylation sites (tertiary alicyclic amines) is 1. The highest BCUT2D eigenvalue weighted by atomic mass is 32.2. The quantitative estimate of drug-likeness (QED) is 0.747. The van der Waals surface area contributed by atoms with Crippen LogP contribution in [0.3, 0.4) is 0 Å². The number of rotatable bonds is 4. The zero-order valence-corrected chi connectivity index (χ0v) is 20.1. The molecular formula is C24H37N3O2S. The zero-order chi connectivity index (χ0) is 22.1. The van der Waals surface area contributed by atoms with Crippen molar-refractivity contribution in [2.75, 3.05) is 19.6 Å². The number of amides is 3. The van der Waals surface area contributed by atoms with Gasteiger partial charge in [-0.15, -0.1) is 11.8 Å². The summed E-state index contributed by atoms with van der Waals surface area (Å²) in [4.78, 5) is 29.1. The van der Waals surface area contributed by atoms with Crippen molar-refractivity contribution in [2.24, 2.45) is 5.92 Å². The molecule has 6 heteroatoms. The Morgan fingerprint density at radius 1 is 1.17 bits per heavy atom. The van der Waals surface area contributed by atoms with Crippen LogP contribution in [0.1, 0.15) is 70.9 Å². The molecule has 30 heavy (non-hydrogen) atoms. The Morgan fingerprint density at radius 2 is 1.77 bits per heavy atom. The van der Waals surface area contributed by atoms with Gasteiger partial charge in [-0.25, -0.2) is 4.79 Å². The summed E-state index contributed by atoms with van der Waals surface area (Å²) < 4.78 is 0. The zero-order valence-electron chi connectivity index (χ0n) is 19.3. The molecule has 0 bridgehead atoms. The van der Waals surface area contributed by atoms with Gasteiger partial charge in [0, 0.05) is 25.7 Å².